The minimum absolute atomic E-state index is 0.105. The first-order valence-corrected chi connectivity index (χ1v) is 6.95. The topological polar surface area (TPSA) is 78.8 Å². The van der Waals surface area contributed by atoms with Crippen LogP contribution in [0.1, 0.15) is 36.0 Å². The summed E-state index contributed by atoms with van der Waals surface area (Å²) in [4.78, 5) is 12.0. The van der Waals surface area contributed by atoms with Crippen molar-refractivity contribution < 1.29 is 19.7 Å². The third-order valence-electron chi connectivity index (χ3n) is 3.84. The second-order valence-electron chi connectivity index (χ2n) is 5.20. The van der Waals surface area contributed by atoms with Gasteiger partial charge in [-0.25, -0.2) is 0 Å². The Morgan fingerprint density at radius 1 is 1.40 bits per heavy atom. The van der Waals surface area contributed by atoms with E-state index < -0.39 is 0 Å². The third-order valence-corrected chi connectivity index (χ3v) is 3.84. The molecule has 0 spiro atoms. The lowest BCUT2D eigenvalue weighted by Gasteiger charge is -2.27. The Hall–Kier alpha value is -1.75. The van der Waals surface area contributed by atoms with Gasteiger partial charge in [-0.2, -0.15) is 0 Å². The van der Waals surface area contributed by atoms with Crippen molar-refractivity contribution >= 4 is 5.91 Å². The molecule has 5 nitrogen and oxygen atoms in total. The van der Waals surface area contributed by atoms with E-state index in [1.807, 2.05) is 0 Å². The molecule has 5 heteroatoms. The SMILES string of the molecule is COc1ccc(C(=O)NCC2CCCCC2O)c(O)c1. The summed E-state index contributed by atoms with van der Waals surface area (Å²) >= 11 is 0. The molecule has 1 fully saturated rings. The van der Waals surface area contributed by atoms with Gasteiger partial charge < -0.3 is 20.3 Å². The largest absolute Gasteiger partial charge is 0.507 e. The standard InChI is InChI=1S/C15H21NO4/c1-20-11-6-7-12(14(18)8-11)15(19)16-9-10-4-2-3-5-13(10)17/h6-8,10,13,17-18H,2-5,9H2,1H3,(H,16,19). The van der Waals surface area contributed by atoms with Gasteiger partial charge in [0, 0.05) is 18.5 Å². The van der Waals surface area contributed by atoms with E-state index in [-0.39, 0.29) is 29.2 Å². The normalized spacial score (nSPS) is 22.3. The fourth-order valence-electron chi connectivity index (χ4n) is 2.58. The van der Waals surface area contributed by atoms with Crippen LogP contribution in [0.3, 0.4) is 0 Å². The number of ether oxygens (including phenoxy) is 1. The van der Waals surface area contributed by atoms with Crippen LogP contribution in [0.4, 0.5) is 0 Å². The van der Waals surface area contributed by atoms with Gasteiger partial charge >= 0.3 is 0 Å². The number of phenolic OH excluding ortho intramolecular Hbond substituents is 1. The first-order valence-electron chi connectivity index (χ1n) is 6.95. The van der Waals surface area contributed by atoms with E-state index in [4.69, 9.17) is 4.74 Å². The zero-order valence-electron chi connectivity index (χ0n) is 11.6. The smallest absolute Gasteiger partial charge is 0.255 e. The zero-order chi connectivity index (χ0) is 14.5. The van der Waals surface area contributed by atoms with Crippen molar-refractivity contribution in [3.05, 3.63) is 23.8 Å². The van der Waals surface area contributed by atoms with E-state index in [9.17, 15) is 15.0 Å². The molecule has 1 aliphatic rings. The number of nitrogens with one attached hydrogen (secondary N) is 1. The Labute approximate surface area is 118 Å². The van der Waals surface area contributed by atoms with Crippen molar-refractivity contribution in [1.29, 1.82) is 0 Å². The second kappa shape index (κ2) is 6.61. The Bertz CT molecular complexity index is 475. The van der Waals surface area contributed by atoms with Gasteiger partial charge in [-0.1, -0.05) is 12.8 Å². The predicted molar refractivity (Wildman–Crippen MR) is 75.0 cm³/mol. The van der Waals surface area contributed by atoms with Gasteiger partial charge in [0.05, 0.1) is 18.8 Å². The van der Waals surface area contributed by atoms with Crippen molar-refractivity contribution in [3.8, 4) is 11.5 Å². The summed E-state index contributed by atoms with van der Waals surface area (Å²) in [5.74, 6) is 0.170. The van der Waals surface area contributed by atoms with Crippen LogP contribution in [-0.4, -0.2) is 35.9 Å². The second-order valence-corrected chi connectivity index (χ2v) is 5.20. The lowest BCUT2D eigenvalue weighted by molar-refractivity contribution is 0.0662. The van der Waals surface area contributed by atoms with E-state index in [1.54, 1.807) is 6.07 Å². The first kappa shape index (κ1) is 14.7. The highest BCUT2D eigenvalue weighted by Gasteiger charge is 2.23. The molecular weight excluding hydrogens is 258 g/mol. The molecule has 1 aromatic carbocycles. The molecule has 1 amide bonds. The number of carbonyl (C=O) groups excluding carboxylic acids is 1. The Kier molecular flexibility index (Phi) is 4.84. The third kappa shape index (κ3) is 3.42. The molecule has 0 aromatic heterocycles. The van der Waals surface area contributed by atoms with Crippen molar-refractivity contribution in [3.63, 3.8) is 0 Å². The molecule has 20 heavy (non-hydrogen) atoms. The van der Waals surface area contributed by atoms with Gasteiger partial charge in [-0.05, 0) is 25.0 Å². The van der Waals surface area contributed by atoms with E-state index >= 15 is 0 Å². The number of carbonyl (C=O) groups is 1. The molecule has 110 valence electrons. The van der Waals surface area contributed by atoms with Gasteiger partial charge in [-0.3, -0.25) is 4.79 Å². The van der Waals surface area contributed by atoms with Crippen LogP contribution in [-0.2, 0) is 0 Å². The zero-order valence-corrected chi connectivity index (χ0v) is 11.6. The molecular formula is C15H21NO4. The first-order chi connectivity index (χ1) is 9.61. The van der Waals surface area contributed by atoms with Crippen LogP contribution in [0.25, 0.3) is 0 Å². The van der Waals surface area contributed by atoms with Crippen LogP contribution < -0.4 is 10.1 Å². The highest BCUT2D eigenvalue weighted by atomic mass is 16.5. The minimum atomic E-state index is -0.339. The molecule has 0 bridgehead atoms. The summed E-state index contributed by atoms with van der Waals surface area (Å²) in [6.45, 7) is 0.436. The fraction of sp³-hybridized carbons (Fsp3) is 0.533. The number of phenols is 1. The van der Waals surface area contributed by atoms with Gasteiger partial charge in [-0.15, -0.1) is 0 Å². The van der Waals surface area contributed by atoms with Gasteiger partial charge in [0.2, 0.25) is 0 Å². The average molecular weight is 279 g/mol. The summed E-state index contributed by atoms with van der Waals surface area (Å²) in [6, 6.07) is 4.56. The number of aliphatic hydroxyl groups excluding tert-OH is 1. The number of benzene rings is 1. The summed E-state index contributed by atoms with van der Waals surface area (Å²) in [5.41, 5.74) is 0.219. The maximum atomic E-state index is 12.0. The molecule has 3 N–H and O–H groups in total. The van der Waals surface area contributed by atoms with E-state index in [0.29, 0.717) is 12.3 Å². The number of aromatic hydroxyl groups is 1. The molecule has 1 aliphatic carbocycles. The molecule has 0 aliphatic heterocycles. The maximum absolute atomic E-state index is 12.0. The highest BCUT2D eigenvalue weighted by Crippen LogP contribution is 2.25. The monoisotopic (exact) mass is 279 g/mol. The van der Waals surface area contributed by atoms with Crippen LogP contribution in [0.2, 0.25) is 0 Å². The van der Waals surface area contributed by atoms with Crippen molar-refractivity contribution in [2.24, 2.45) is 5.92 Å². The van der Waals surface area contributed by atoms with E-state index in [1.165, 1.54) is 19.2 Å². The molecule has 2 rings (SSSR count). The number of methoxy groups -OCH3 is 1. The summed E-state index contributed by atoms with van der Waals surface area (Å²) in [7, 11) is 1.50. The summed E-state index contributed by atoms with van der Waals surface area (Å²) < 4.78 is 4.97. The number of amides is 1. The van der Waals surface area contributed by atoms with Gasteiger partial charge in [0.15, 0.2) is 0 Å². The van der Waals surface area contributed by atoms with Gasteiger partial charge in [0.25, 0.3) is 5.91 Å². The number of rotatable bonds is 4. The van der Waals surface area contributed by atoms with Crippen molar-refractivity contribution in [2.75, 3.05) is 13.7 Å². The average Bonchev–Trinajstić information content (AvgIpc) is 2.46. The Morgan fingerprint density at radius 3 is 2.80 bits per heavy atom. The maximum Gasteiger partial charge on any atom is 0.255 e. The molecule has 2 unspecified atom stereocenters. The van der Waals surface area contributed by atoms with Crippen LogP contribution in [0.5, 0.6) is 11.5 Å². The molecule has 1 saturated carbocycles. The highest BCUT2D eigenvalue weighted by molar-refractivity contribution is 5.97. The van der Waals surface area contributed by atoms with E-state index in [0.717, 1.165) is 25.7 Å². The molecule has 2 atom stereocenters. The molecule has 0 radical (unpaired) electrons. The molecule has 1 aromatic rings. The predicted octanol–water partition coefficient (Wildman–Crippen LogP) is 1.68. The van der Waals surface area contributed by atoms with Crippen LogP contribution in [0.15, 0.2) is 18.2 Å². The number of hydrogen-bond donors (Lipinski definition) is 3. The molecule has 0 heterocycles. The van der Waals surface area contributed by atoms with Gasteiger partial charge in [0.1, 0.15) is 11.5 Å². The number of aliphatic hydroxyl groups is 1. The summed E-state index contributed by atoms with van der Waals surface area (Å²) in [6.07, 6.45) is 3.52. The number of hydrogen-bond acceptors (Lipinski definition) is 4. The fourth-order valence-corrected chi connectivity index (χ4v) is 2.58. The quantitative estimate of drug-likeness (QED) is 0.783. The lowest BCUT2D eigenvalue weighted by Crippen LogP contribution is -2.36. The summed E-state index contributed by atoms with van der Waals surface area (Å²) in [5, 5.41) is 22.4. The van der Waals surface area contributed by atoms with E-state index in [2.05, 4.69) is 5.32 Å². The molecule has 0 saturated heterocycles. The minimum Gasteiger partial charge on any atom is -0.507 e. The lowest BCUT2D eigenvalue weighted by atomic mass is 9.86. The van der Waals surface area contributed by atoms with Crippen molar-refractivity contribution in [1.82, 2.24) is 5.32 Å². The Morgan fingerprint density at radius 2 is 2.15 bits per heavy atom. The van der Waals surface area contributed by atoms with Crippen LogP contribution in [0, 0.1) is 5.92 Å². The van der Waals surface area contributed by atoms with Crippen molar-refractivity contribution in [2.45, 2.75) is 31.8 Å². The Balaban J connectivity index is 1.94. The van der Waals surface area contributed by atoms with Crippen LogP contribution >= 0.6 is 0 Å².